The summed E-state index contributed by atoms with van der Waals surface area (Å²) in [5.41, 5.74) is 2.46. The summed E-state index contributed by atoms with van der Waals surface area (Å²) in [6.07, 6.45) is 1.43. The molecule has 1 amide bonds. The first kappa shape index (κ1) is 20.6. The summed E-state index contributed by atoms with van der Waals surface area (Å²) in [6, 6.07) is 11.3. The molecule has 0 aliphatic carbocycles. The highest BCUT2D eigenvalue weighted by molar-refractivity contribution is 6.06. The Morgan fingerprint density at radius 2 is 2.03 bits per heavy atom. The van der Waals surface area contributed by atoms with Crippen molar-refractivity contribution in [2.24, 2.45) is 0 Å². The van der Waals surface area contributed by atoms with Crippen molar-refractivity contribution in [3.63, 3.8) is 0 Å². The number of hydrogen-bond acceptors (Lipinski definition) is 6. The summed E-state index contributed by atoms with van der Waals surface area (Å²) >= 11 is 0. The molecule has 2 aromatic carbocycles. The van der Waals surface area contributed by atoms with Gasteiger partial charge < -0.3 is 14.4 Å². The zero-order valence-electron chi connectivity index (χ0n) is 17.9. The standard InChI is InChI=1S/C23H19FN6O3/c1-13-6-7-18-17(8-13)21-22(23(32)29(12-25-21)11-20-26-14(2)28-33-20)30(18)10-19(31)27-16-5-3-4-15(24)9-16/h3-9,12H,10-11H2,1-2H3,(H,27,31). The molecule has 0 unspecified atom stereocenters. The Morgan fingerprint density at radius 1 is 1.18 bits per heavy atom. The zero-order chi connectivity index (χ0) is 23.1. The predicted molar refractivity (Wildman–Crippen MR) is 119 cm³/mol. The lowest BCUT2D eigenvalue weighted by molar-refractivity contribution is -0.116. The molecule has 3 heterocycles. The Kier molecular flexibility index (Phi) is 4.97. The minimum atomic E-state index is -0.455. The molecule has 0 fully saturated rings. The van der Waals surface area contributed by atoms with Crippen LogP contribution in [0.25, 0.3) is 21.9 Å². The molecule has 0 bridgehead atoms. The molecular weight excluding hydrogens is 427 g/mol. The smallest absolute Gasteiger partial charge is 0.278 e. The molecule has 10 heteroatoms. The molecule has 0 aliphatic rings. The number of carbonyl (C=O) groups is 1. The number of nitrogens with one attached hydrogen (secondary N) is 1. The largest absolute Gasteiger partial charge is 0.337 e. The van der Waals surface area contributed by atoms with E-state index in [9.17, 15) is 14.0 Å². The monoisotopic (exact) mass is 446 g/mol. The molecule has 0 spiro atoms. The van der Waals surface area contributed by atoms with Crippen molar-refractivity contribution in [2.75, 3.05) is 5.32 Å². The number of nitrogens with zero attached hydrogens (tertiary/aromatic N) is 5. The maximum absolute atomic E-state index is 13.5. The number of fused-ring (bicyclic) bond motifs is 3. The van der Waals surface area contributed by atoms with Crippen molar-refractivity contribution < 1.29 is 13.7 Å². The molecule has 3 aromatic heterocycles. The summed E-state index contributed by atoms with van der Waals surface area (Å²) in [7, 11) is 0. The fourth-order valence-corrected chi connectivity index (χ4v) is 3.85. The summed E-state index contributed by atoms with van der Waals surface area (Å²) < 4.78 is 21.6. The van der Waals surface area contributed by atoms with Crippen LogP contribution in [0.15, 0.2) is 58.1 Å². The maximum atomic E-state index is 13.5. The van der Waals surface area contributed by atoms with Gasteiger partial charge in [0.25, 0.3) is 5.56 Å². The van der Waals surface area contributed by atoms with Gasteiger partial charge in [-0.3, -0.25) is 14.2 Å². The highest BCUT2D eigenvalue weighted by Crippen LogP contribution is 2.26. The van der Waals surface area contributed by atoms with E-state index >= 15 is 0 Å². The number of hydrogen-bond donors (Lipinski definition) is 1. The van der Waals surface area contributed by atoms with Crippen LogP contribution in [0.1, 0.15) is 17.3 Å². The second-order valence-corrected chi connectivity index (χ2v) is 7.78. The van der Waals surface area contributed by atoms with Gasteiger partial charge in [-0.15, -0.1) is 0 Å². The van der Waals surface area contributed by atoms with Gasteiger partial charge in [-0.25, -0.2) is 9.37 Å². The first-order chi connectivity index (χ1) is 15.9. The van der Waals surface area contributed by atoms with Gasteiger partial charge >= 0.3 is 0 Å². The second-order valence-electron chi connectivity index (χ2n) is 7.78. The van der Waals surface area contributed by atoms with E-state index in [1.165, 1.54) is 29.1 Å². The Morgan fingerprint density at radius 3 is 2.79 bits per heavy atom. The van der Waals surface area contributed by atoms with Crippen molar-refractivity contribution in [1.29, 1.82) is 0 Å². The highest BCUT2D eigenvalue weighted by Gasteiger charge is 2.19. The number of rotatable bonds is 5. The first-order valence-electron chi connectivity index (χ1n) is 10.2. The number of halogens is 1. The lowest BCUT2D eigenvalue weighted by atomic mass is 10.1. The van der Waals surface area contributed by atoms with Crippen LogP contribution in [0.3, 0.4) is 0 Å². The molecule has 33 heavy (non-hydrogen) atoms. The third kappa shape index (κ3) is 3.86. The van der Waals surface area contributed by atoms with E-state index in [2.05, 4.69) is 20.4 Å². The summed E-state index contributed by atoms with van der Waals surface area (Å²) in [5.74, 6) is -0.116. The SMILES string of the molecule is Cc1ccc2c(c1)c1ncn(Cc3nc(C)no3)c(=O)c1n2CC(=O)Nc1cccc(F)c1. The fourth-order valence-electron chi connectivity index (χ4n) is 3.85. The average molecular weight is 446 g/mol. The summed E-state index contributed by atoms with van der Waals surface area (Å²) in [4.78, 5) is 34.9. The lowest BCUT2D eigenvalue weighted by Gasteiger charge is -2.09. The zero-order valence-corrected chi connectivity index (χ0v) is 17.9. The Hall–Kier alpha value is -4.34. The molecule has 9 nitrogen and oxygen atoms in total. The van der Waals surface area contributed by atoms with Crippen LogP contribution in [0.4, 0.5) is 10.1 Å². The molecule has 5 aromatic rings. The topological polar surface area (TPSA) is 108 Å². The van der Waals surface area contributed by atoms with E-state index in [0.717, 1.165) is 10.9 Å². The number of amides is 1. The van der Waals surface area contributed by atoms with E-state index in [0.29, 0.717) is 22.5 Å². The molecule has 5 rings (SSSR count). The van der Waals surface area contributed by atoms with Crippen LogP contribution in [0, 0.1) is 19.7 Å². The minimum Gasteiger partial charge on any atom is -0.337 e. The number of anilines is 1. The molecular formula is C23H19FN6O3. The van der Waals surface area contributed by atoms with Crippen molar-refractivity contribution in [3.8, 4) is 0 Å². The van der Waals surface area contributed by atoms with E-state index in [1.54, 1.807) is 17.6 Å². The second kappa shape index (κ2) is 7.97. The van der Waals surface area contributed by atoms with Gasteiger partial charge in [0.15, 0.2) is 5.82 Å². The minimum absolute atomic E-state index is 0.0542. The quantitative estimate of drug-likeness (QED) is 0.444. The number of carbonyl (C=O) groups excluding carboxylic acids is 1. The van der Waals surface area contributed by atoms with Crippen LogP contribution in [-0.4, -0.2) is 30.2 Å². The normalized spacial score (nSPS) is 11.4. The van der Waals surface area contributed by atoms with Gasteiger partial charge in [-0.2, -0.15) is 4.98 Å². The summed E-state index contributed by atoms with van der Waals surface area (Å²) in [6.45, 7) is 3.53. The predicted octanol–water partition coefficient (Wildman–Crippen LogP) is 3.18. The molecule has 0 radical (unpaired) electrons. The third-order valence-corrected chi connectivity index (χ3v) is 5.27. The number of aryl methyl sites for hydroxylation is 2. The van der Waals surface area contributed by atoms with E-state index in [4.69, 9.17) is 4.52 Å². The van der Waals surface area contributed by atoms with Gasteiger partial charge in [0.1, 0.15) is 29.9 Å². The van der Waals surface area contributed by atoms with Crippen LogP contribution in [0.5, 0.6) is 0 Å². The van der Waals surface area contributed by atoms with E-state index < -0.39 is 11.7 Å². The molecule has 0 saturated heterocycles. The highest BCUT2D eigenvalue weighted by atomic mass is 19.1. The van der Waals surface area contributed by atoms with Crippen molar-refractivity contribution in [3.05, 3.63) is 82.2 Å². The molecule has 0 aliphatic heterocycles. The number of benzene rings is 2. The Balaban J connectivity index is 1.61. The molecule has 1 N–H and O–H groups in total. The van der Waals surface area contributed by atoms with Gasteiger partial charge in [-0.1, -0.05) is 22.9 Å². The lowest BCUT2D eigenvalue weighted by Crippen LogP contribution is -2.25. The maximum Gasteiger partial charge on any atom is 0.278 e. The van der Waals surface area contributed by atoms with Gasteiger partial charge in [0.2, 0.25) is 11.8 Å². The summed E-state index contributed by atoms with van der Waals surface area (Å²) in [5, 5.41) is 7.19. The van der Waals surface area contributed by atoms with Gasteiger partial charge in [-0.05, 0) is 44.2 Å². The van der Waals surface area contributed by atoms with Crippen molar-refractivity contribution >= 4 is 33.5 Å². The van der Waals surface area contributed by atoms with Crippen LogP contribution in [-0.2, 0) is 17.9 Å². The molecule has 166 valence electrons. The van der Waals surface area contributed by atoms with Crippen molar-refractivity contribution in [2.45, 2.75) is 26.9 Å². The Labute approximate surface area is 186 Å². The fraction of sp³-hybridized carbons (Fsp3) is 0.174. The van der Waals surface area contributed by atoms with E-state index in [-0.39, 0.29) is 30.1 Å². The number of aromatic nitrogens is 5. The third-order valence-electron chi connectivity index (χ3n) is 5.27. The van der Waals surface area contributed by atoms with Gasteiger partial charge in [0.05, 0.1) is 11.8 Å². The van der Waals surface area contributed by atoms with Crippen LogP contribution < -0.4 is 10.9 Å². The average Bonchev–Trinajstić information content (AvgIpc) is 3.31. The molecule has 0 saturated carbocycles. The van der Waals surface area contributed by atoms with E-state index in [1.807, 2.05) is 25.1 Å². The Bertz CT molecular complexity index is 1580. The molecule has 0 atom stereocenters. The van der Waals surface area contributed by atoms with Crippen LogP contribution in [0.2, 0.25) is 0 Å². The first-order valence-corrected chi connectivity index (χ1v) is 10.2. The van der Waals surface area contributed by atoms with Crippen LogP contribution >= 0.6 is 0 Å². The van der Waals surface area contributed by atoms with Gasteiger partial charge in [0, 0.05) is 11.1 Å². The van der Waals surface area contributed by atoms with Crippen molar-refractivity contribution in [1.82, 2.24) is 24.3 Å².